The monoisotopic (exact) mass is 353 g/mol. The van der Waals surface area contributed by atoms with E-state index in [9.17, 15) is 9.50 Å². The Labute approximate surface area is 151 Å². The number of anilines is 1. The number of hydrogen-bond donors (Lipinski definition) is 2. The standard InChI is InChI=1S/C20H20FN3O2/c1-14(18(25)13-15-5-3-2-4-6-15)23-20-22-12-11-19(24-20)26-17-9-7-16(21)8-10-17/h2-12,14,18,25H,13H2,1H3,(H,22,23,24). The molecule has 6 heteroatoms. The van der Waals surface area contributed by atoms with Crippen molar-refractivity contribution in [2.75, 3.05) is 5.32 Å². The van der Waals surface area contributed by atoms with Crippen LogP contribution in [0.1, 0.15) is 12.5 Å². The molecule has 3 aromatic rings. The lowest BCUT2D eigenvalue weighted by Crippen LogP contribution is -2.33. The molecule has 0 saturated carbocycles. The van der Waals surface area contributed by atoms with Gasteiger partial charge in [0.25, 0.3) is 0 Å². The predicted molar refractivity (Wildman–Crippen MR) is 97.7 cm³/mol. The van der Waals surface area contributed by atoms with E-state index in [1.165, 1.54) is 24.3 Å². The molecule has 0 amide bonds. The number of hydrogen-bond acceptors (Lipinski definition) is 5. The first-order chi connectivity index (χ1) is 12.6. The van der Waals surface area contributed by atoms with Crippen LogP contribution < -0.4 is 10.1 Å². The summed E-state index contributed by atoms with van der Waals surface area (Å²) in [4.78, 5) is 8.42. The van der Waals surface area contributed by atoms with Crippen LogP contribution in [0.4, 0.5) is 10.3 Å². The molecule has 26 heavy (non-hydrogen) atoms. The van der Waals surface area contributed by atoms with Gasteiger partial charge in [0.1, 0.15) is 11.6 Å². The van der Waals surface area contributed by atoms with Gasteiger partial charge in [0.2, 0.25) is 11.8 Å². The van der Waals surface area contributed by atoms with E-state index in [1.807, 2.05) is 37.3 Å². The zero-order valence-electron chi connectivity index (χ0n) is 14.3. The fourth-order valence-corrected chi connectivity index (χ4v) is 2.42. The minimum absolute atomic E-state index is 0.253. The minimum Gasteiger partial charge on any atom is -0.439 e. The van der Waals surface area contributed by atoms with E-state index in [0.717, 1.165) is 5.56 Å². The molecule has 0 radical (unpaired) electrons. The van der Waals surface area contributed by atoms with Crippen LogP contribution in [-0.2, 0) is 6.42 Å². The molecule has 2 aromatic carbocycles. The Morgan fingerprint density at radius 1 is 1.08 bits per heavy atom. The smallest absolute Gasteiger partial charge is 0.226 e. The third-order valence-electron chi connectivity index (χ3n) is 3.89. The van der Waals surface area contributed by atoms with Gasteiger partial charge in [-0.2, -0.15) is 4.98 Å². The van der Waals surface area contributed by atoms with Crippen LogP contribution in [0.2, 0.25) is 0 Å². The molecule has 2 N–H and O–H groups in total. The van der Waals surface area contributed by atoms with Crippen molar-refractivity contribution < 1.29 is 14.2 Å². The molecule has 1 aromatic heterocycles. The lowest BCUT2D eigenvalue weighted by atomic mass is 10.0. The minimum atomic E-state index is -0.595. The highest BCUT2D eigenvalue weighted by Gasteiger charge is 2.16. The van der Waals surface area contributed by atoms with Gasteiger partial charge in [-0.25, -0.2) is 9.37 Å². The maximum absolute atomic E-state index is 13.0. The molecule has 1 heterocycles. The van der Waals surface area contributed by atoms with Gasteiger partial charge in [0.05, 0.1) is 12.1 Å². The molecule has 134 valence electrons. The predicted octanol–water partition coefficient (Wildman–Crippen LogP) is 3.81. The topological polar surface area (TPSA) is 67.3 Å². The highest BCUT2D eigenvalue weighted by Crippen LogP contribution is 2.20. The summed E-state index contributed by atoms with van der Waals surface area (Å²) in [6.07, 6.45) is 1.49. The van der Waals surface area contributed by atoms with Crippen LogP contribution in [0, 0.1) is 5.82 Å². The summed E-state index contributed by atoms with van der Waals surface area (Å²) in [5.74, 6) is 0.833. The Morgan fingerprint density at radius 3 is 2.54 bits per heavy atom. The Kier molecular flexibility index (Phi) is 5.76. The largest absolute Gasteiger partial charge is 0.439 e. The first-order valence-electron chi connectivity index (χ1n) is 8.35. The number of aromatic nitrogens is 2. The van der Waals surface area contributed by atoms with E-state index in [0.29, 0.717) is 24.0 Å². The summed E-state index contributed by atoms with van der Waals surface area (Å²) in [7, 11) is 0. The van der Waals surface area contributed by atoms with Crippen LogP contribution in [0.5, 0.6) is 11.6 Å². The van der Waals surface area contributed by atoms with Gasteiger partial charge < -0.3 is 15.2 Å². The molecule has 2 atom stereocenters. The highest BCUT2D eigenvalue weighted by atomic mass is 19.1. The summed E-state index contributed by atoms with van der Waals surface area (Å²) in [6.45, 7) is 1.87. The molecule has 0 aliphatic carbocycles. The second kappa shape index (κ2) is 8.40. The lowest BCUT2D eigenvalue weighted by Gasteiger charge is -2.20. The summed E-state index contributed by atoms with van der Waals surface area (Å²) in [6, 6.07) is 16.8. The van der Waals surface area contributed by atoms with Gasteiger partial charge in [-0.1, -0.05) is 30.3 Å². The van der Waals surface area contributed by atoms with Crippen molar-refractivity contribution in [1.82, 2.24) is 9.97 Å². The van der Waals surface area contributed by atoms with E-state index in [-0.39, 0.29) is 11.9 Å². The highest BCUT2D eigenvalue weighted by molar-refractivity contribution is 5.32. The van der Waals surface area contributed by atoms with Gasteiger partial charge in [-0.15, -0.1) is 0 Å². The van der Waals surface area contributed by atoms with E-state index in [2.05, 4.69) is 15.3 Å². The van der Waals surface area contributed by atoms with E-state index >= 15 is 0 Å². The van der Waals surface area contributed by atoms with Crippen molar-refractivity contribution in [2.24, 2.45) is 0 Å². The van der Waals surface area contributed by atoms with Gasteiger partial charge in [-0.3, -0.25) is 0 Å². The molecule has 0 spiro atoms. The third-order valence-corrected chi connectivity index (χ3v) is 3.89. The van der Waals surface area contributed by atoms with Crippen molar-refractivity contribution in [3.05, 3.63) is 78.2 Å². The quantitative estimate of drug-likeness (QED) is 0.676. The van der Waals surface area contributed by atoms with E-state index in [4.69, 9.17) is 4.74 Å². The molecule has 2 unspecified atom stereocenters. The fraction of sp³-hybridized carbons (Fsp3) is 0.200. The number of nitrogens with zero attached hydrogens (tertiary/aromatic N) is 2. The van der Waals surface area contributed by atoms with Gasteiger partial charge >= 0.3 is 0 Å². The molecule has 0 fully saturated rings. The lowest BCUT2D eigenvalue weighted by molar-refractivity contribution is 0.158. The molecule has 0 saturated heterocycles. The number of aliphatic hydroxyl groups excluding tert-OH is 1. The zero-order valence-corrected chi connectivity index (χ0v) is 14.3. The fourth-order valence-electron chi connectivity index (χ4n) is 2.42. The Morgan fingerprint density at radius 2 is 1.81 bits per heavy atom. The molecular weight excluding hydrogens is 333 g/mol. The third kappa shape index (κ3) is 5.00. The number of benzene rings is 2. The molecule has 0 aliphatic heterocycles. The van der Waals surface area contributed by atoms with Crippen molar-refractivity contribution in [2.45, 2.75) is 25.5 Å². The molecule has 3 rings (SSSR count). The summed E-state index contributed by atoms with van der Waals surface area (Å²) >= 11 is 0. The average molecular weight is 353 g/mol. The Bertz CT molecular complexity index is 828. The maximum Gasteiger partial charge on any atom is 0.226 e. The van der Waals surface area contributed by atoms with Crippen LogP contribution in [0.15, 0.2) is 66.9 Å². The first-order valence-corrected chi connectivity index (χ1v) is 8.35. The van der Waals surface area contributed by atoms with Gasteiger partial charge in [0.15, 0.2) is 0 Å². The Balaban J connectivity index is 1.61. The van der Waals surface area contributed by atoms with Crippen LogP contribution in [0.3, 0.4) is 0 Å². The van der Waals surface area contributed by atoms with Gasteiger partial charge in [0, 0.05) is 18.7 Å². The number of ether oxygens (including phenoxy) is 1. The SMILES string of the molecule is CC(Nc1nccc(Oc2ccc(F)cc2)n1)C(O)Cc1ccccc1. The van der Waals surface area contributed by atoms with Gasteiger partial charge in [-0.05, 0) is 36.8 Å². The van der Waals surface area contributed by atoms with Crippen LogP contribution in [-0.4, -0.2) is 27.2 Å². The second-order valence-corrected chi connectivity index (χ2v) is 5.96. The average Bonchev–Trinajstić information content (AvgIpc) is 2.65. The first kappa shape index (κ1) is 17.8. The van der Waals surface area contributed by atoms with Crippen LogP contribution >= 0.6 is 0 Å². The molecule has 0 aliphatic rings. The van der Waals surface area contributed by atoms with Crippen molar-refractivity contribution >= 4 is 5.95 Å². The number of aliphatic hydroxyl groups is 1. The number of halogens is 1. The van der Waals surface area contributed by atoms with Crippen molar-refractivity contribution in [3.63, 3.8) is 0 Å². The summed E-state index contributed by atoms with van der Waals surface area (Å²) in [5, 5.41) is 13.5. The van der Waals surface area contributed by atoms with E-state index in [1.54, 1.807) is 12.3 Å². The molecular formula is C20H20FN3O2. The zero-order chi connectivity index (χ0) is 18.4. The maximum atomic E-state index is 13.0. The number of nitrogens with one attached hydrogen (secondary N) is 1. The number of rotatable bonds is 7. The normalized spacial score (nSPS) is 13.0. The summed E-state index contributed by atoms with van der Waals surface area (Å²) < 4.78 is 18.5. The molecule has 0 bridgehead atoms. The van der Waals surface area contributed by atoms with Crippen LogP contribution in [0.25, 0.3) is 0 Å². The summed E-state index contributed by atoms with van der Waals surface area (Å²) in [5.41, 5.74) is 1.06. The molecule has 5 nitrogen and oxygen atoms in total. The van der Waals surface area contributed by atoms with E-state index < -0.39 is 6.10 Å². The second-order valence-electron chi connectivity index (χ2n) is 5.96. The van der Waals surface area contributed by atoms with Crippen molar-refractivity contribution in [1.29, 1.82) is 0 Å². The van der Waals surface area contributed by atoms with Crippen molar-refractivity contribution in [3.8, 4) is 11.6 Å². The Hall–Kier alpha value is -2.99.